The highest BCUT2D eigenvalue weighted by Crippen LogP contribution is 2.35. The molecule has 4 aromatic rings. The Morgan fingerprint density at radius 1 is 1.11 bits per heavy atom. The van der Waals surface area contributed by atoms with Crippen LogP contribution in [0.4, 0.5) is 11.5 Å². The van der Waals surface area contributed by atoms with Gasteiger partial charge in [0.15, 0.2) is 5.82 Å². The lowest BCUT2D eigenvalue weighted by atomic mass is 9.95. The zero-order chi connectivity index (χ0) is 24.9. The van der Waals surface area contributed by atoms with Crippen molar-refractivity contribution in [3.8, 4) is 22.6 Å². The van der Waals surface area contributed by atoms with Crippen LogP contribution < -0.4 is 10.6 Å². The van der Waals surface area contributed by atoms with Gasteiger partial charge in [-0.2, -0.15) is 0 Å². The van der Waals surface area contributed by atoms with Crippen LogP contribution in [0.3, 0.4) is 0 Å². The quantitative estimate of drug-likeness (QED) is 0.402. The number of rotatable bonds is 5. The van der Waals surface area contributed by atoms with Crippen molar-refractivity contribution < 1.29 is 14.7 Å². The highest BCUT2D eigenvalue weighted by molar-refractivity contribution is 6.10. The molecule has 8 nitrogen and oxygen atoms in total. The van der Waals surface area contributed by atoms with Crippen molar-refractivity contribution in [1.82, 2.24) is 14.5 Å². The van der Waals surface area contributed by atoms with Gasteiger partial charge in [0.2, 0.25) is 0 Å². The highest BCUT2D eigenvalue weighted by atomic mass is 16.4. The van der Waals surface area contributed by atoms with E-state index in [0.29, 0.717) is 46.0 Å². The maximum Gasteiger partial charge on any atom is 0.335 e. The lowest BCUT2D eigenvalue weighted by Crippen LogP contribution is -2.24. The number of imidazole rings is 1. The third kappa shape index (κ3) is 3.82. The van der Waals surface area contributed by atoms with Gasteiger partial charge in [0.25, 0.3) is 5.91 Å². The van der Waals surface area contributed by atoms with Crippen molar-refractivity contribution >= 4 is 23.4 Å². The molecule has 0 unspecified atom stereocenters. The average Bonchev–Trinajstić information content (AvgIpc) is 3.44. The van der Waals surface area contributed by atoms with Gasteiger partial charge in [-0.1, -0.05) is 18.2 Å². The number of aromatic nitrogens is 3. The number of anilines is 2. The van der Waals surface area contributed by atoms with Crippen LogP contribution >= 0.6 is 0 Å². The normalized spacial score (nSPS) is 12.9. The van der Waals surface area contributed by atoms with Crippen molar-refractivity contribution in [3.63, 3.8) is 0 Å². The summed E-state index contributed by atoms with van der Waals surface area (Å²) in [6, 6.07) is 14.5. The molecule has 5 rings (SSSR count). The van der Waals surface area contributed by atoms with Gasteiger partial charge in [-0.3, -0.25) is 9.69 Å². The van der Waals surface area contributed by atoms with E-state index >= 15 is 0 Å². The molecule has 3 N–H and O–H groups in total. The second-order valence-electron chi connectivity index (χ2n) is 8.96. The number of aromatic carboxylic acids is 1. The summed E-state index contributed by atoms with van der Waals surface area (Å²) < 4.78 is 2.04. The molecular weight excluding hydrogens is 442 g/mol. The van der Waals surface area contributed by atoms with E-state index in [1.165, 1.54) is 0 Å². The number of pyridine rings is 1. The zero-order valence-electron chi connectivity index (χ0n) is 19.7. The van der Waals surface area contributed by atoms with E-state index in [0.717, 1.165) is 11.4 Å². The first kappa shape index (κ1) is 22.3. The first-order chi connectivity index (χ1) is 16.7. The number of carboxylic acid groups (broad SMARTS) is 1. The molecule has 1 aliphatic rings. The minimum Gasteiger partial charge on any atom is -0.478 e. The third-order valence-electron chi connectivity index (χ3n) is 6.32. The van der Waals surface area contributed by atoms with Crippen molar-refractivity contribution in [3.05, 3.63) is 83.2 Å². The van der Waals surface area contributed by atoms with Crippen LogP contribution in [0.25, 0.3) is 22.6 Å². The summed E-state index contributed by atoms with van der Waals surface area (Å²) >= 11 is 0. The Balaban J connectivity index is 1.50. The highest BCUT2D eigenvalue weighted by Gasteiger charge is 2.30. The molecule has 1 aliphatic heterocycles. The number of hydrogen-bond donors (Lipinski definition) is 2. The number of amides is 1. The van der Waals surface area contributed by atoms with Gasteiger partial charge in [-0.05, 0) is 67.8 Å². The average molecular weight is 468 g/mol. The summed E-state index contributed by atoms with van der Waals surface area (Å²) in [5.74, 6) is 0.114. The maximum atomic E-state index is 13.4. The number of aryl methyl sites for hydroxylation is 1. The Bertz CT molecular complexity index is 1490. The van der Waals surface area contributed by atoms with Gasteiger partial charge >= 0.3 is 5.97 Å². The summed E-state index contributed by atoms with van der Waals surface area (Å²) in [6.07, 6.45) is 3.66. The molecule has 0 saturated carbocycles. The molecule has 0 atom stereocenters. The second kappa shape index (κ2) is 8.39. The fourth-order valence-electron chi connectivity index (χ4n) is 4.49. The first-order valence-corrected chi connectivity index (χ1v) is 11.3. The molecule has 0 aliphatic carbocycles. The smallest absolute Gasteiger partial charge is 0.335 e. The zero-order valence-corrected chi connectivity index (χ0v) is 19.7. The van der Waals surface area contributed by atoms with E-state index in [-0.39, 0.29) is 17.5 Å². The van der Waals surface area contributed by atoms with Crippen LogP contribution in [-0.4, -0.2) is 31.5 Å². The number of nitrogen functional groups attached to an aromatic ring is 1. The van der Waals surface area contributed by atoms with E-state index in [2.05, 4.69) is 18.8 Å². The largest absolute Gasteiger partial charge is 0.478 e. The van der Waals surface area contributed by atoms with E-state index in [1.807, 2.05) is 41.1 Å². The summed E-state index contributed by atoms with van der Waals surface area (Å²) in [5.41, 5.74) is 10.8. The maximum absolute atomic E-state index is 13.4. The molecule has 1 amide bonds. The fourth-order valence-corrected chi connectivity index (χ4v) is 4.49. The number of carbonyl (C=O) groups is 2. The van der Waals surface area contributed by atoms with Gasteiger partial charge in [0.05, 0.1) is 12.1 Å². The predicted octanol–water partition coefficient (Wildman–Crippen LogP) is 4.94. The number of fused-ring (bicyclic) bond motifs is 1. The Morgan fingerprint density at radius 2 is 1.91 bits per heavy atom. The van der Waals surface area contributed by atoms with Crippen LogP contribution in [0.2, 0.25) is 0 Å². The number of carbonyl (C=O) groups excluding carboxylic acids is 1. The van der Waals surface area contributed by atoms with Crippen molar-refractivity contribution in [2.24, 2.45) is 0 Å². The monoisotopic (exact) mass is 467 g/mol. The first-order valence-electron chi connectivity index (χ1n) is 11.3. The van der Waals surface area contributed by atoms with Crippen LogP contribution in [-0.2, 0) is 6.54 Å². The van der Waals surface area contributed by atoms with Crippen molar-refractivity contribution in [2.75, 3.05) is 10.6 Å². The molecule has 0 fully saturated rings. The van der Waals surface area contributed by atoms with Crippen LogP contribution in [0.15, 0.2) is 60.9 Å². The second-order valence-corrected chi connectivity index (χ2v) is 8.96. The standard InChI is InChI=1S/C27H25N5O3/c1-15(2)31-10-9-29-25(31)23-5-4-6-24(30-23)32-14-18-8-7-17(12-21(18)26(32)33)20-13-19(27(34)35)16(3)11-22(20)28/h4-13,15H,14,28H2,1-3H3,(H,34,35). The SMILES string of the molecule is Cc1cc(N)c(-c2ccc3c(c2)C(=O)N(c2cccc(-c4nccn4C(C)C)n2)C3)cc1C(=O)O. The number of benzene rings is 2. The molecule has 0 radical (unpaired) electrons. The number of hydrogen-bond acceptors (Lipinski definition) is 5. The van der Waals surface area contributed by atoms with Crippen molar-refractivity contribution in [2.45, 2.75) is 33.4 Å². The molecule has 0 bridgehead atoms. The van der Waals surface area contributed by atoms with E-state index < -0.39 is 5.97 Å². The summed E-state index contributed by atoms with van der Waals surface area (Å²) in [6.45, 7) is 6.26. The van der Waals surface area contributed by atoms with Crippen LogP contribution in [0, 0.1) is 6.92 Å². The van der Waals surface area contributed by atoms with Gasteiger partial charge < -0.3 is 15.4 Å². The summed E-state index contributed by atoms with van der Waals surface area (Å²) in [4.78, 5) is 35.9. The lowest BCUT2D eigenvalue weighted by Gasteiger charge is -2.16. The van der Waals surface area contributed by atoms with Crippen molar-refractivity contribution in [1.29, 1.82) is 0 Å². The Labute approximate surface area is 202 Å². The number of nitrogens with two attached hydrogens (primary N) is 1. The molecule has 2 aromatic carbocycles. The molecule has 8 heteroatoms. The molecule has 0 spiro atoms. The minimum absolute atomic E-state index is 0.164. The van der Waals surface area contributed by atoms with E-state index in [4.69, 9.17) is 10.7 Å². The molecule has 3 heterocycles. The summed E-state index contributed by atoms with van der Waals surface area (Å²) in [7, 11) is 0. The summed E-state index contributed by atoms with van der Waals surface area (Å²) in [5, 5.41) is 9.51. The van der Waals surface area contributed by atoms with Gasteiger partial charge in [0, 0.05) is 35.2 Å². The lowest BCUT2D eigenvalue weighted by molar-refractivity contribution is 0.0696. The fraction of sp³-hybridized carbons (Fsp3) is 0.185. The van der Waals surface area contributed by atoms with E-state index in [1.54, 1.807) is 36.2 Å². The third-order valence-corrected chi connectivity index (χ3v) is 6.32. The van der Waals surface area contributed by atoms with E-state index in [9.17, 15) is 14.7 Å². The Hall–Kier alpha value is -4.46. The molecule has 2 aromatic heterocycles. The molecular formula is C27H25N5O3. The van der Waals surface area contributed by atoms with Crippen LogP contribution in [0.1, 0.15) is 51.7 Å². The van der Waals surface area contributed by atoms with Gasteiger partial charge in [-0.15, -0.1) is 0 Å². The topological polar surface area (TPSA) is 114 Å². The molecule has 0 saturated heterocycles. The number of carboxylic acids is 1. The predicted molar refractivity (Wildman–Crippen MR) is 134 cm³/mol. The molecule has 35 heavy (non-hydrogen) atoms. The van der Waals surface area contributed by atoms with Gasteiger partial charge in [-0.25, -0.2) is 14.8 Å². The van der Waals surface area contributed by atoms with Gasteiger partial charge in [0.1, 0.15) is 11.5 Å². The van der Waals surface area contributed by atoms with Crippen LogP contribution in [0.5, 0.6) is 0 Å². The molecule has 176 valence electrons. The Morgan fingerprint density at radius 3 is 2.66 bits per heavy atom. The Kier molecular flexibility index (Phi) is 5.36. The minimum atomic E-state index is -1.02. The number of nitrogens with zero attached hydrogens (tertiary/aromatic N) is 4.